The number of hydrazine groups is 1. The van der Waals surface area contributed by atoms with E-state index in [0.717, 1.165) is 13.1 Å². The van der Waals surface area contributed by atoms with Gasteiger partial charge >= 0.3 is 0 Å². The first-order valence-electron chi connectivity index (χ1n) is 7.80. The number of aryl methyl sites for hydroxylation is 1. The molecule has 3 rings (SSSR count). The Labute approximate surface area is 132 Å². The van der Waals surface area contributed by atoms with Gasteiger partial charge in [0.15, 0.2) is 0 Å². The SMILES string of the molecule is Cc1cc(-c2ccccc2)ccc1N(CCN)C1CNN1C. The van der Waals surface area contributed by atoms with E-state index in [0.29, 0.717) is 12.7 Å². The molecule has 0 radical (unpaired) electrons. The van der Waals surface area contributed by atoms with Crippen molar-refractivity contribution >= 4 is 5.69 Å². The molecule has 0 aliphatic carbocycles. The van der Waals surface area contributed by atoms with E-state index >= 15 is 0 Å². The Morgan fingerprint density at radius 1 is 1.18 bits per heavy atom. The van der Waals surface area contributed by atoms with Crippen molar-refractivity contribution < 1.29 is 0 Å². The molecule has 2 aromatic carbocycles. The molecule has 1 heterocycles. The topological polar surface area (TPSA) is 44.5 Å². The number of anilines is 1. The standard InChI is InChI=1S/C18H24N4/c1-14-12-16(15-6-4-3-5-7-15)8-9-17(14)22(11-10-19)18-13-20-21(18)2/h3-9,12,18,20H,10-11,13,19H2,1-2H3. The first-order valence-corrected chi connectivity index (χ1v) is 7.80. The highest BCUT2D eigenvalue weighted by molar-refractivity contribution is 5.69. The van der Waals surface area contributed by atoms with E-state index in [1.54, 1.807) is 0 Å². The third kappa shape index (κ3) is 2.86. The fourth-order valence-electron chi connectivity index (χ4n) is 3.03. The molecule has 4 nitrogen and oxygen atoms in total. The fraction of sp³-hybridized carbons (Fsp3) is 0.333. The second-order valence-electron chi connectivity index (χ2n) is 5.80. The summed E-state index contributed by atoms with van der Waals surface area (Å²) in [5, 5.41) is 2.14. The van der Waals surface area contributed by atoms with Crippen LogP contribution in [0.4, 0.5) is 5.69 Å². The van der Waals surface area contributed by atoms with Crippen molar-refractivity contribution in [2.75, 3.05) is 31.6 Å². The van der Waals surface area contributed by atoms with Crippen LogP contribution in [0.5, 0.6) is 0 Å². The summed E-state index contributed by atoms with van der Waals surface area (Å²) in [6.07, 6.45) is 0.379. The molecular weight excluding hydrogens is 272 g/mol. The van der Waals surface area contributed by atoms with Gasteiger partial charge < -0.3 is 10.6 Å². The van der Waals surface area contributed by atoms with Gasteiger partial charge in [0, 0.05) is 32.4 Å². The highest BCUT2D eigenvalue weighted by atomic mass is 15.6. The summed E-state index contributed by atoms with van der Waals surface area (Å²) in [6, 6.07) is 17.2. The van der Waals surface area contributed by atoms with Crippen LogP contribution in [-0.4, -0.2) is 37.9 Å². The number of rotatable bonds is 5. The summed E-state index contributed by atoms with van der Waals surface area (Å²) in [4.78, 5) is 2.39. The Balaban J connectivity index is 1.90. The molecule has 0 spiro atoms. The van der Waals surface area contributed by atoms with Crippen LogP contribution < -0.4 is 16.1 Å². The van der Waals surface area contributed by atoms with Gasteiger partial charge in [0.1, 0.15) is 6.17 Å². The molecule has 22 heavy (non-hydrogen) atoms. The lowest BCUT2D eigenvalue weighted by Crippen LogP contribution is -2.67. The average molecular weight is 296 g/mol. The quantitative estimate of drug-likeness (QED) is 0.888. The first-order chi connectivity index (χ1) is 10.7. The molecular formula is C18H24N4. The van der Waals surface area contributed by atoms with Crippen molar-refractivity contribution in [2.45, 2.75) is 13.1 Å². The van der Waals surface area contributed by atoms with Crippen molar-refractivity contribution in [3.05, 3.63) is 54.1 Å². The van der Waals surface area contributed by atoms with Crippen molar-refractivity contribution in [1.29, 1.82) is 0 Å². The third-order valence-electron chi connectivity index (χ3n) is 4.31. The zero-order valence-corrected chi connectivity index (χ0v) is 13.3. The lowest BCUT2D eigenvalue weighted by Gasteiger charge is -2.47. The summed E-state index contributed by atoms with van der Waals surface area (Å²) in [5.74, 6) is 0. The molecule has 1 aliphatic rings. The second-order valence-corrected chi connectivity index (χ2v) is 5.80. The summed E-state index contributed by atoms with van der Waals surface area (Å²) >= 11 is 0. The van der Waals surface area contributed by atoms with Crippen LogP contribution in [0.25, 0.3) is 11.1 Å². The smallest absolute Gasteiger partial charge is 0.109 e. The predicted molar refractivity (Wildman–Crippen MR) is 92.6 cm³/mol. The van der Waals surface area contributed by atoms with E-state index in [-0.39, 0.29) is 0 Å². The van der Waals surface area contributed by atoms with Crippen molar-refractivity contribution in [2.24, 2.45) is 5.73 Å². The van der Waals surface area contributed by atoms with Crippen LogP contribution >= 0.6 is 0 Å². The summed E-state index contributed by atoms with van der Waals surface area (Å²) in [7, 11) is 2.07. The number of hydrogen-bond acceptors (Lipinski definition) is 4. The lowest BCUT2D eigenvalue weighted by molar-refractivity contribution is 0.0542. The molecule has 1 atom stereocenters. The Morgan fingerprint density at radius 2 is 1.95 bits per heavy atom. The van der Waals surface area contributed by atoms with Gasteiger partial charge in [0.25, 0.3) is 0 Å². The molecule has 1 unspecified atom stereocenters. The van der Waals surface area contributed by atoms with E-state index in [9.17, 15) is 0 Å². The molecule has 0 bridgehead atoms. The maximum absolute atomic E-state index is 5.82. The Bertz CT molecular complexity index is 626. The monoisotopic (exact) mass is 296 g/mol. The fourth-order valence-corrected chi connectivity index (χ4v) is 3.03. The van der Waals surface area contributed by atoms with Crippen molar-refractivity contribution in [3.63, 3.8) is 0 Å². The largest absolute Gasteiger partial charge is 0.352 e. The number of nitrogens with one attached hydrogen (secondary N) is 1. The maximum atomic E-state index is 5.82. The number of benzene rings is 2. The molecule has 4 heteroatoms. The van der Waals surface area contributed by atoms with Crippen LogP contribution in [0.3, 0.4) is 0 Å². The molecule has 0 saturated carbocycles. The second kappa shape index (κ2) is 6.48. The summed E-state index contributed by atoms with van der Waals surface area (Å²) in [5.41, 5.74) is 14.2. The van der Waals surface area contributed by atoms with Crippen molar-refractivity contribution in [3.8, 4) is 11.1 Å². The van der Waals surface area contributed by atoms with E-state index in [2.05, 4.69) is 71.8 Å². The zero-order valence-electron chi connectivity index (χ0n) is 13.3. The van der Waals surface area contributed by atoms with Gasteiger partial charge in [-0.1, -0.05) is 36.4 Å². The zero-order chi connectivity index (χ0) is 15.5. The van der Waals surface area contributed by atoms with Crippen LogP contribution in [0, 0.1) is 6.92 Å². The van der Waals surface area contributed by atoms with Gasteiger partial charge in [-0.3, -0.25) is 5.43 Å². The first kappa shape index (κ1) is 15.0. The lowest BCUT2D eigenvalue weighted by atomic mass is 10.0. The van der Waals surface area contributed by atoms with Crippen LogP contribution in [-0.2, 0) is 0 Å². The molecule has 3 N–H and O–H groups in total. The minimum atomic E-state index is 0.379. The third-order valence-corrected chi connectivity index (χ3v) is 4.31. The van der Waals surface area contributed by atoms with Gasteiger partial charge in [-0.2, -0.15) is 0 Å². The Kier molecular flexibility index (Phi) is 4.43. The van der Waals surface area contributed by atoms with Crippen LogP contribution in [0.15, 0.2) is 48.5 Å². The van der Waals surface area contributed by atoms with E-state index in [1.807, 2.05) is 6.07 Å². The van der Waals surface area contributed by atoms with Crippen LogP contribution in [0.2, 0.25) is 0 Å². The molecule has 2 aromatic rings. The maximum Gasteiger partial charge on any atom is 0.109 e. The number of nitrogens with two attached hydrogens (primary N) is 1. The van der Waals surface area contributed by atoms with Gasteiger partial charge in [-0.05, 0) is 35.7 Å². The van der Waals surface area contributed by atoms with Gasteiger partial charge in [0.2, 0.25) is 0 Å². The van der Waals surface area contributed by atoms with Gasteiger partial charge in [-0.25, -0.2) is 5.01 Å². The summed E-state index contributed by atoms with van der Waals surface area (Å²) in [6.45, 7) is 4.67. The van der Waals surface area contributed by atoms with Gasteiger partial charge in [-0.15, -0.1) is 0 Å². The van der Waals surface area contributed by atoms with Crippen LogP contribution in [0.1, 0.15) is 5.56 Å². The molecule has 1 fully saturated rings. The highest BCUT2D eigenvalue weighted by Gasteiger charge is 2.30. The van der Waals surface area contributed by atoms with Crippen molar-refractivity contribution in [1.82, 2.24) is 10.4 Å². The minimum absolute atomic E-state index is 0.379. The summed E-state index contributed by atoms with van der Waals surface area (Å²) < 4.78 is 0. The predicted octanol–water partition coefficient (Wildman–Crippen LogP) is 2.20. The number of nitrogens with zero attached hydrogens (tertiary/aromatic N) is 2. The molecule has 116 valence electrons. The number of hydrogen-bond donors (Lipinski definition) is 2. The van der Waals surface area contributed by atoms with Gasteiger partial charge in [0.05, 0.1) is 0 Å². The Morgan fingerprint density at radius 3 is 2.50 bits per heavy atom. The molecule has 1 saturated heterocycles. The molecule has 1 aliphatic heterocycles. The van der Waals surface area contributed by atoms with E-state index in [4.69, 9.17) is 5.73 Å². The Hall–Kier alpha value is -1.88. The minimum Gasteiger partial charge on any atom is -0.352 e. The normalized spacial score (nSPS) is 18.0. The van der Waals surface area contributed by atoms with E-state index in [1.165, 1.54) is 22.4 Å². The highest BCUT2D eigenvalue weighted by Crippen LogP contribution is 2.29. The average Bonchev–Trinajstić information content (AvgIpc) is 2.54. The molecule has 0 amide bonds. The number of likely N-dealkylation sites (N-methyl/N-ethyl adjacent to an activating group) is 1. The van der Waals surface area contributed by atoms with E-state index < -0.39 is 0 Å². The molecule has 0 aromatic heterocycles.